The predicted molar refractivity (Wildman–Crippen MR) is 278 cm³/mol. The molecule has 322 valence electrons. The van der Waals surface area contributed by atoms with E-state index in [1.807, 2.05) is 42.5 Å². The number of para-hydroxylation sites is 1. The number of nitrogens with zero attached hydrogens (tertiary/aromatic N) is 3. The van der Waals surface area contributed by atoms with Crippen molar-refractivity contribution in [1.29, 1.82) is 0 Å². The lowest BCUT2D eigenvalue weighted by molar-refractivity contribution is 0.361. The van der Waals surface area contributed by atoms with Gasteiger partial charge in [0.1, 0.15) is 0 Å². The molecule has 0 saturated heterocycles. The van der Waals surface area contributed by atoms with Gasteiger partial charge < -0.3 is 9.47 Å². The number of hydrogen-bond acceptors (Lipinski definition) is 5. The normalized spacial score (nSPS) is 13.0. The van der Waals surface area contributed by atoms with Crippen molar-refractivity contribution in [2.24, 2.45) is 0 Å². The Balaban J connectivity index is 0.904. The van der Waals surface area contributed by atoms with Crippen molar-refractivity contribution in [3.63, 3.8) is 0 Å². The first kappa shape index (κ1) is 39.0. The van der Waals surface area contributed by atoms with Crippen LogP contribution in [0.2, 0.25) is 0 Å². The Hall–Kier alpha value is -9.19. The van der Waals surface area contributed by atoms with Gasteiger partial charge in [-0.2, -0.15) is 0 Å². The number of fused-ring (bicyclic) bond motifs is 12. The molecule has 0 spiro atoms. The molecule has 0 amide bonds. The Morgan fingerprint density at radius 2 is 0.783 bits per heavy atom. The van der Waals surface area contributed by atoms with Crippen molar-refractivity contribution in [2.45, 2.75) is 5.41 Å². The van der Waals surface area contributed by atoms with E-state index in [4.69, 9.17) is 24.4 Å². The van der Waals surface area contributed by atoms with Crippen LogP contribution in [-0.4, -0.2) is 15.0 Å². The molecule has 5 heteroatoms. The summed E-state index contributed by atoms with van der Waals surface area (Å²) in [6.07, 6.45) is 0. The quantitative estimate of drug-likeness (QED) is 0.156. The van der Waals surface area contributed by atoms with E-state index in [9.17, 15) is 0 Å². The molecule has 0 radical (unpaired) electrons. The number of hydrogen-bond donors (Lipinski definition) is 0. The average Bonchev–Trinajstić information content (AvgIpc) is 3.74. The molecule has 5 nitrogen and oxygen atoms in total. The minimum absolute atomic E-state index is 0.571. The first-order valence-electron chi connectivity index (χ1n) is 23.3. The molecule has 0 fully saturated rings. The van der Waals surface area contributed by atoms with Gasteiger partial charge in [-0.3, -0.25) is 0 Å². The van der Waals surface area contributed by atoms with Crippen LogP contribution in [0.3, 0.4) is 0 Å². The molecule has 1 aliphatic carbocycles. The third-order valence-corrected chi connectivity index (χ3v) is 14.0. The van der Waals surface area contributed by atoms with Crippen LogP contribution < -0.4 is 9.47 Å². The van der Waals surface area contributed by atoms with Crippen molar-refractivity contribution in [3.05, 3.63) is 259 Å². The number of rotatable bonds is 6. The number of aromatic nitrogens is 3. The van der Waals surface area contributed by atoms with E-state index in [0.29, 0.717) is 40.5 Å². The lowest BCUT2D eigenvalue weighted by Crippen LogP contribution is -2.28. The zero-order valence-corrected chi connectivity index (χ0v) is 37.2. The number of ether oxygens (including phenoxy) is 2. The van der Waals surface area contributed by atoms with Crippen LogP contribution in [0.15, 0.2) is 237 Å². The second-order valence-electron chi connectivity index (χ2n) is 17.8. The highest BCUT2D eigenvalue weighted by atomic mass is 16.6. The third-order valence-electron chi connectivity index (χ3n) is 14.0. The van der Waals surface area contributed by atoms with Crippen LogP contribution in [0.1, 0.15) is 22.3 Å². The van der Waals surface area contributed by atoms with Gasteiger partial charge in [-0.15, -0.1) is 0 Å². The highest BCUT2D eigenvalue weighted by molar-refractivity contribution is 6.25. The van der Waals surface area contributed by atoms with Gasteiger partial charge in [-0.05, 0) is 90.0 Å². The molecule has 1 aromatic heterocycles. The Morgan fingerprint density at radius 3 is 1.46 bits per heavy atom. The molecule has 0 unspecified atom stereocenters. The summed E-state index contributed by atoms with van der Waals surface area (Å²) in [4.78, 5) is 15.5. The zero-order chi connectivity index (χ0) is 45.5. The predicted octanol–water partition coefficient (Wildman–Crippen LogP) is 16.3. The van der Waals surface area contributed by atoms with Crippen LogP contribution in [-0.2, 0) is 5.41 Å². The molecule has 12 aromatic rings. The minimum atomic E-state index is -0.571. The van der Waals surface area contributed by atoms with Crippen molar-refractivity contribution >= 4 is 32.3 Å². The van der Waals surface area contributed by atoms with Gasteiger partial charge in [0, 0.05) is 27.8 Å². The largest absolute Gasteiger partial charge is 0.449 e. The Bertz CT molecular complexity index is 3950. The molecule has 2 aliphatic rings. The summed E-state index contributed by atoms with van der Waals surface area (Å²) in [5, 5.41) is 7.23. The average molecular weight is 882 g/mol. The van der Waals surface area contributed by atoms with E-state index >= 15 is 0 Å². The van der Waals surface area contributed by atoms with Crippen LogP contribution in [0.4, 0.5) is 0 Å². The maximum absolute atomic E-state index is 7.25. The maximum Gasteiger partial charge on any atom is 0.178 e. The highest BCUT2D eigenvalue weighted by Crippen LogP contribution is 2.63. The summed E-state index contributed by atoms with van der Waals surface area (Å²) in [7, 11) is 0. The van der Waals surface area contributed by atoms with Gasteiger partial charge in [0.05, 0.1) is 5.41 Å². The standard InChI is InChI=1S/C64H39N3O2/c1-4-18-40(19-5-1)61-65-62(67-63(66-61)43-34-35-51-49-28-11-10-26-47(49)48-27-12-13-29-50(48)53(51)39-43)42-21-16-20-41(38-42)46-31-17-33-56-59(46)69-60-57(68-56)37-36-55-58(60)52-30-14-15-32-54(52)64(55,44-22-6-2-7-23-44)45-24-8-3-9-25-45/h1-39H. The summed E-state index contributed by atoms with van der Waals surface area (Å²) < 4.78 is 14.1. The van der Waals surface area contributed by atoms with Crippen molar-refractivity contribution in [1.82, 2.24) is 15.0 Å². The van der Waals surface area contributed by atoms with Crippen molar-refractivity contribution < 1.29 is 9.47 Å². The smallest absolute Gasteiger partial charge is 0.178 e. The van der Waals surface area contributed by atoms with Gasteiger partial charge in [-0.25, -0.2) is 15.0 Å². The second-order valence-corrected chi connectivity index (χ2v) is 17.8. The molecule has 0 N–H and O–H groups in total. The molecule has 0 saturated carbocycles. The fourth-order valence-corrected chi connectivity index (χ4v) is 11.0. The van der Waals surface area contributed by atoms with E-state index in [2.05, 4.69) is 194 Å². The molecular weight excluding hydrogens is 843 g/mol. The van der Waals surface area contributed by atoms with E-state index in [-0.39, 0.29) is 0 Å². The lowest BCUT2D eigenvalue weighted by Gasteiger charge is -2.34. The summed E-state index contributed by atoms with van der Waals surface area (Å²) in [6, 6.07) is 83.1. The van der Waals surface area contributed by atoms with Crippen LogP contribution in [0.25, 0.3) is 88.7 Å². The van der Waals surface area contributed by atoms with Gasteiger partial charge >= 0.3 is 0 Å². The lowest BCUT2D eigenvalue weighted by atomic mass is 9.68. The zero-order valence-electron chi connectivity index (χ0n) is 37.2. The maximum atomic E-state index is 7.25. The van der Waals surface area contributed by atoms with E-state index in [0.717, 1.165) is 49.9 Å². The Morgan fingerprint density at radius 1 is 0.290 bits per heavy atom. The number of benzene rings is 11. The molecule has 1 aliphatic heterocycles. The monoisotopic (exact) mass is 881 g/mol. The fraction of sp³-hybridized carbons (Fsp3) is 0.0156. The van der Waals surface area contributed by atoms with Gasteiger partial charge in [-0.1, -0.05) is 212 Å². The second kappa shape index (κ2) is 15.4. The molecular formula is C64H39N3O2. The summed E-state index contributed by atoms with van der Waals surface area (Å²) in [5.74, 6) is 4.47. The van der Waals surface area contributed by atoms with E-state index < -0.39 is 5.41 Å². The van der Waals surface area contributed by atoms with Gasteiger partial charge in [0.15, 0.2) is 40.5 Å². The van der Waals surface area contributed by atoms with Gasteiger partial charge in [0.2, 0.25) is 0 Å². The molecule has 0 atom stereocenters. The summed E-state index contributed by atoms with van der Waals surface area (Å²) in [5.41, 5.74) is 10.8. The molecule has 0 bridgehead atoms. The minimum Gasteiger partial charge on any atom is -0.449 e. The molecule has 2 heterocycles. The van der Waals surface area contributed by atoms with E-state index in [1.165, 1.54) is 43.6 Å². The molecule has 14 rings (SSSR count). The SMILES string of the molecule is c1ccc(-c2nc(-c3cccc(-c4cccc5c4Oc4c(ccc6c4-c4ccccc4C6(c4ccccc4)c4ccccc4)O5)c3)nc(-c3ccc4c5ccccc5c5ccccc5c4c3)n2)cc1. The van der Waals surface area contributed by atoms with Crippen molar-refractivity contribution in [3.8, 4) is 79.4 Å². The van der Waals surface area contributed by atoms with Crippen LogP contribution in [0.5, 0.6) is 23.0 Å². The van der Waals surface area contributed by atoms with Crippen LogP contribution >= 0.6 is 0 Å². The summed E-state index contributed by atoms with van der Waals surface area (Å²) >= 11 is 0. The van der Waals surface area contributed by atoms with Crippen molar-refractivity contribution in [2.75, 3.05) is 0 Å². The third kappa shape index (κ3) is 6.00. The van der Waals surface area contributed by atoms with Gasteiger partial charge in [0.25, 0.3) is 0 Å². The Labute approximate surface area is 398 Å². The fourth-order valence-electron chi connectivity index (χ4n) is 11.0. The molecule has 11 aromatic carbocycles. The topological polar surface area (TPSA) is 57.1 Å². The summed E-state index contributed by atoms with van der Waals surface area (Å²) in [6.45, 7) is 0. The van der Waals surface area contributed by atoms with E-state index in [1.54, 1.807) is 0 Å². The molecule has 69 heavy (non-hydrogen) atoms. The first-order valence-corrected chi connectivity index (χ1v) is 23.3. The Kier molecular flexibility index (Phi) is 8.73. The first-order chi connectivity index (χ1) is 34.2. The van der Waals surface area contributed by atoms with Crippen LogP contribution in [0, 0.1) is 0 Å². The highest BCUT2D eigenvalue weighted by Gasteiger charge is 2.48.